The number of carboxylic acids is 1. The number of carboxylic acid groups (broad SMARTS) is 1. The molecule has 0 saturated heterocycles. The summed E-state index contributed by atoms with van der Waals surface area (Å²) in [5, 5.41) is 11.1. The van der Waals surface area contributed by atoms with Crippen LogP contribution >= 0.6 is 15.9 Å². The lowest BCUT2D eigenvalue weighted by atomic mass is 10.0. The zero-order valence-electron chi connectivity index (χ0n) is 7.79. The summed E-state index contributed by atoms with van der Waals surface area (Å²) in [4.78, 5) is 10.4. The fourth-order valence-electron chi connectivity index (χ4n) is 1.28. The minimum atomic E-state index is -1.16. The van der Waals surface area contributed by atoms with Crippen molar-refractivity contribution in [2.45, 2.75) is 12.3 Å². The fraction of sp³-hybridized carbons (Fsp3) is 0.182. The lowest BCUT2D eigenvalue weighted by molar-refractivity contribution is -0.297. The second kappa shape index (κ2) is 4.96. The van der Waals surface area contributed by atoms with Gasteiger partial charge in [0.15, 0.2) is 0 Å². The van der Waals surface area contributed by atoms with Gasteiger partial charge in [-0.3, -0.25) is 0 Å². The van der Waals surface area contributed by atoms with E-state index in [0.717, 1.165) is 17.2 Å². The lowest BCUT2D eigenvalue weighted by Gasteiger charge is -2.07. The molecule has 0 atom stereocenters. The number of rotatable bonds is 3. The molecule has 0 amide bonds. The van der Waals surface area contributed by atoms with Crippen LogP contribution in [0.1, 0.15) is 18.1 Å². The third kappa shape index (κ3) is 2.70. The summed E-state index contributed by atoms with van der Waals surface area (Å²) >= 11 is 3.35. The molecule has 0 bridgehead atoms. The molecule has 2 nitrogen and oxygen atoms in total. The van der Waals surface area contributed by atoms with Crippen LogP contribution in [0.25, 0.3) is 5.57 Å². The van der Waals surface area contributed by atoms with Crippen molar-refractivity contribution in [1.82, 2.24) is 0 Å². The average Bonchev–Trinajstić information content (AvgIpc) is 2.16. The van der Waals surface area contributed by atoms with Gasteiger partial charge in [0.1, 0.15) is 0 Å². The Morgan fingerprint density at radius 3 is 2.71 bits per heavy atom. The van der Waals surface area contributed by atoms with E-state index in [1.165, 1.54) is 0 Å². The Bertz CT molecular complexity index is 369. The standard InChI is InChI=1S/C11H11BrO2/c1-8(6-11(13)14)10-5-3-2-4-9(10)7-12/h2-6H,7H2,1H3,(H,13,14)/p-1/b8-6-. The zero-order chi connectivity index (χ0) is 10.6. The van der Waals surface area contributed by atoms with E-state index < -0.39 is 5.97 Å². The van der Waals surface area contributed by atoms with Crippen LogP contribution in [0.2, 0.25) is 0 Å². The summed E-state index contributed by atoms with van der Waals surface area (Å²) in [5.74, 6) is -1.16. The smallest absolute Gasteiger partial charge is 0.0645 e. The molecule has 0 aliphatic rings. The number of allylic oxidation sites excluding steroid dienone is 1. The SMILES string of the molecule is C/C(=C/C(=O)[O-])c1ccccc1CBr. The molecule has 0 aliphatic carbocycles. The average molecular weight is 254 g/mol. The summed E-state index contributed by atoms with van der Waals surface area (Å²) in [7, 11) is 0. The normalized spacial score (nSPS) is 11.4. The molecule has 1 aromatic carbocycles. The highest BCUT2D eigenvalue weighted by Crippen LogP contribution is 2.20. The van der Waals surface area contributed by atoms with E-state index in [2.05, 4.69) is 15.9 Å². The van der Waals surface area contributed by atoms with Gasteiger partial charge in [0.05, 0.1) is 5.97 Å². The van der Waals surface area contributed by atoms with E-state index in [9.17, 15) is 9.90 Å². The zero-order valence-corrected chi connectivity index (χ0v) is 9.37. The Hall–Kier alpha value is -1.09. The third-order valence-electron chi connectivity index (χ3n) is 1.92. The van der Waals surface area contributed by atoms with Crippen molar-refractivity contribution in [3.8, 4) is 0 Å². The number of aliphatic carboxylic acids is 1. The first-order valence-electron chi connectivity index (χ1n) is 4.18. The molecule has 0 fully saturated rings. The molecule has 1 aromatic rings. The highest BCUT2D eigenvalue weighted by atomic mass is 79.9. The first-order chi connectivity index (χ1) is 6.65. The number of benzene rings is 1. The van der Waals surface area contributed by atoms with Crippen molar-refractivity contribution in [3.05, 3.63) is 41.5 Å². The van der Waals surface area contributed by atoms with Crippen LogP contribution in [0.5, 0.6) is 0 Å². The van der Waals surface area contributed by atoms with Crippen molar-refractivity contribution in [2.75, 3.05) is 0 Å². The summed E-state index contributed by atoms with van der Waals surface area (Å²) in [5.41, 5.74) is 2.72. The third-order valence-corrected chi connectivity index (χ3v) is 2.52. The molecule has 0 aliphatic heterocycles. The minimum Gasteiger partial charge on any atom is -0.545 e. The lowest BCUT2D eigenvalue weighted by Crippen LogP contribution is -2.19. The molecule has 0 N–H and O–H groups in total. The number of alkyl halides is 1. The minimum absolute atomic E-state index is 0.708. The van der Waals surface area contributed by atoms with Gasteiger partial charge in [-0.25, -0.2) is 0 Å². The van der Waals surface area contributed by atoms with E-state index in [-0.39, 0.29) is 0 Å². The summed E-state index contributed by atoms with van der Waals surface area (Å²) in [6.45, 7) is 1.76. The maximum Gasteiger partial charge on any atom is 0.0645 e. The highest BCUT2D eigenvalue weighted by molar-refractivity contribution is 9.08. The molecule has 0 aromatic heterocycles. The van der Waals surface area contributed by atoms with Crippen molar-refractivity contribution in [2.24, 2.45) is 0 Å². The summed E-state index contributed by atoms with van der Waals surface area (Å²) in [6.07, 6.45) is 1.11. The van der Waals surface area contributed by atoms with E-state index in [4.69, 9.17) is 0 Å². The van der Waals surface area contributed by atoms with E-state index in [1.54, 1.807) is 6.92 Å². The van der Waals surface area contributed by atoms with Gasteiger partial charge in [-0.2, -0.15) is 0 Å². The molecular formula is C11H10BrO2-. The quantitative estimate of drug-likeness (QED) is 0.608. The first kappa shape index (κ1) is 11.0. The monoisotopic (exact) mass is 253 g/mol. The summed E-state index contributed by atoms with van der Waals surface area (Å²) < 4.78 is 0. The summed E-state index contributed by atoms with van der Waals surface area (Å²) in [6, 6.07) is 7.66. The Morgan fingerprint density at radius 1 is 1.50 bits per heavy atom. The molecule has 0 spiro atoms. The molecule has 0 radical (unpaired) electrons. The fourth-order valence-corrected chi connectivity index (χ4v) is 1.77. The number of carbonyl (C=O) groups excluding carboxylic acids is 1. The topological polar surface area (TPSA) is 40.1 Å². The van der Waals surface area contributed by atoms with Crippen LogP contribution in [0, 0.1) is 0 Å². The predicted molar refractivity (Wildman–Crippen MR) is 57.7 cm³/mol. The van der Waals surface area contributed by atoms with Gasteiger partial charge >= 0.3 is 0 Å². The van der Waals surface area contributed by atoms with Crippen molar-refractivity contribution < 1.29 is 9.90 Å². The van der Waals surface area contributed by atoms with Crippen LogP contribution in [-0.2, 0) is 10.1 Å². The van der Waals surface area contributed by atoms with Gasteiger partial charge in [0.25, 0.3) is 0 Å². The number of hydrogen-bond acceptors (Lipinski definition) is 2. The Labute approximate surface area is 91.4 Å². The Kier molecular flexibility index (Phi) is 3.89. The second-order valence-corrected chi connectivity index (χ2v) is 3.50. The van der Waals surface area contributed by atoms with Crippen LogP contribution in [-0.4, -0.2) is 5.97 Å². The second-order valence-electron chi connectivity index (χ2n) is 2.94. The van der Waals surface area contributed by atoms with Gasteiger partial charge in [-0.05, 0) is 29.7 Å². The van der Waals surface area contributed by atoms with Gasteiger partial charge in [-0.15, -0.1) is 0 Å². The van der Waals surface area contributed by atoms with Gasteiger partial charge in [0, 0.05) is 5.33 Å². The van der Waals surface area contributed by atoms with Crippen LogP contribution in [0.15, 0.2) is 30.3 Å². The number of carbonyl (C=O) groups is 1. The van der Waals surface area contributed by atoms with Crippen molar-refractivity contribution >= 4 is 27.5 Å². The number of halogens is 1. The van der Waals surface area contributed by atoms with E-state index in [1.807, 2.05) is 24.3 Å². The maximum absolute atomic E-state index is 10.4. The van der Waals surface area contributed by atoms with Gasteiger partial charge < -0.3 is 9.90 Å². The molecule has 0 heterocycles. The molecule has 0 saturated carbocycles. The Morgan fingerprint density at radius 2 is 2.14 bits per heavy atom. The Balaban J connectivity index is 3.11. The molecule has 1 rings (SSSR count). The maximum atomic E-state index is 10.4. The molecule has 3 heteroatoms. The van der Waals surface area contributed by atoms with Gasteiger partial charge in [-0.1, -0.05) is 40.2 Å². The first-order valence-corrected chi connectivity index (χ1v) is 5.31. The number of hydrogen-bond donors (Lipinski definition) is 0. The molecule has 14 heavy (non-hydrogen) atoms. The van der Waals surface area contributed by atoms with Crippen molar-refractivity contribution in [1.29, 1.82) is 0 Å². The molecular weight excluding hydrogens is 244 g/mol. The van der Waals surface area contributed by atoms with Crippen molar-refractivity contribution in [3.63, 3.8) is 0 Å². The van der Waals surface area contributed by atoms with E-state index in [0.29, 0.717) is 10.9 Å². The molecule has 74 valence electrons. The van der Waals surface area contributed by atoms with E-state index >= 15 is 0 Å². The highest BCUT2D eigenvalue weighted by Gasteiger charge is 2.01. The molecule has 0 unspecified atom stereocenters. The predicted octanol–water partition coefficient (Wildman–Crippen LogP) is 1.73. The van der Waals surface area contributed by atoms with Gasteiger partial charge in [0.2, 0.25) is 0 Å². The van der Waals surface area contributed by atoms with Crippen LogP contribution in [0.4, 0.5) is 0 Å². The van der Waals surface area contributed by atoms with Crippen LogP contribution < -0.4 is 5.11 Å². The van der Waals surface area contributed by atoms with Crippen LogP contribution in [0.3, 0.4) is 0 Å². The largest absolute Gasteiger partial charge is 0.545 e.